The summed E-state index contributed by atoms with van der Waals surface area (Å²) in [7, 11) is 1.59. The summed E-state index contributed by atoms with van der Waals surface area (Å²) in [6.45, 7) is 7.35. The summed E-state index contributed by atoms with van der Waals surface area (Å²) in [5.74, 6) is 0.827. The van der Waals surface area contributed by atoms with E-state index in [1.54, 1.807) is 31.4 Å². The minimum atomic E-state index is -0.211. The third kappa shape index (κ3) is 6.81. The number of benzene rings is 2. The van der Waals surface area contributed by atoms with Gasteiger partial charge in [-0.05, 0) is 81.1 Å². The molecule has 1 fully saturated rings. The lowest BCUT2D eigenvalue weighted by Gasteiger charge is -2.37. The summed E-state index contributed by atoms with van der Waals surface area (Å²) in [4.78, 5) is 30.2. The topological polar surface area (TPSA) is 61.9 Å². The largest absolute Gasteiger partial charge is 0.497 e. The molecule has 0 radical (unpaired) electrons. The van der Waals surface area contributed by atoms with Crippen LogP contribution < -0.4 is 15.0 Å². The van der Waals surface area contributed by atoms with Gasteiger partial charge in [0.2, 0.25) is 5.91 Å². The van der Waals surface area contributed by atoms with Gasteiger partial charge in [-0.3, -0.25) is 14.5 Å². The molecule has 178 valence electrons. The Morgan fingerprint density at radius 3 is 2.24 bits per heavy atom. The van der Waals surface area contributed by atoms with Crippen LogP contribution >= 0.6 is 0 Å². The number of para-hydroxylation sites is 1. The molecule has 1 saturated heterocycles. The van der Waals surface area contributed by atoms with E-state index < -0.39 is 0 Å². The third-order valence-corrected chi connectivity index (χ3v) is 6.65. The number of anilines is 1. The molecule has 0 saturated carbocycles. The van der Waals surface area contributed by atoms with Gasteiger partial charge in [-0.25, -0.2) is 0 Å². The van der Waals surface area contributed by atoms with Crippen LogP contribution in [0.25, 0.3) is 0 Å². The molecule has 2 amide bonds. The highest BCUT2D eigenvalue weighted by Gasteiger charge is 2.25. The maximum Gasteiger partial charge on any atom is 0.258 e. The highest BCUT2D eigenvalue weighted by Crippen LogP contribution is 2.21. The fourth-order valence-corrected chi connectivity index (χ4v) is 4.56. The van der Waals surface area contributed by atoms with E-state index in [-0.39, 0.29) is 18.4 Å². The second-order valence-electron chi connectivity index (χ2n) is 8.71. The van der Waals surface area contributed by atoms with Crippen molar-refractivity contribution >= 4 is 17.5 Å². The van der Waals surface area contributed by atoms with E-state index in [9.17, 15) is 9.59 Å². The quantitative estimate of drug-likeness (QED) is 0.583. The van der Waals surface area contributed by atoms with Gasteiger partial charge < -0.3 is 15.0 Å². The first-order valence-corrected chi connectivity index (χ1v) is 12.1. The molecule has 3 rings (SSSR count). The van der Waals surface area contributed by atoms with Gasteiger partial charge in [-0.15, -0.1) is 0 Å². The number of rotatable bonds is 10. The number of nitrogens with one attached hydrogen (secondary N) is 1. The monoisotopic (exact) mass is 451 g/mol. The van der Waals surface area contributed by atoms with E-state index >= 15 is 0 Å². The van der Waals surface area contributed by atoms with E-state index in [1.165, 1.54) is 17.7 Å². The number of methoxy groups -OCH3 is 1. The Balaban J connectivity index is 1.58. The molecule has 0 aliphatic carbocycles. The van der Waals surface area contributed by atoms with Crippen molar-refractivity contribution in [3.05, 3.63) is 60.2 Å². The third-order valence-electron chi connectivity index (χ3n) is 6.65. The number of nitrogens with zero attached hydrogens (tertiary/aromatic N) is 2. The van der Waals surface area contributed by atoms with E-state index in [2.05, 4.69) is 24.1 Å². The van der Waals surface area contributed by atoms with Crippen LogP contribution in [0.4, 0.5) is 5.69 Å². The van der Waals surface area contributed by atoms with Gasteiger partial charge >= 0.3 is 0 Å². The van der Waals surface area contributed by atoms with E-state index in [1.807, 2.05) is 30.3 Å². The van der Waals surface area contributed by atoms with Crippen LogP contribution in [-0.2, 0) is 4.79 Å². The first-order valence-electron chi connectivity index (χ1n) is 12.1. The summed E-state index contributed by atoms with van der Waals surface area (Å²) in [5.41, 5.74) is 1.22. The van der Waals surface area contributed by atoms with Gasteiger partial charge in [0.25, 0.3) is 5.91 Å². The first kappa shape index (κ1) is 24.8. The zero-order valence-corrected chi connectivity index (χ0v) is 20.1. The smallest absolute Gasteiger partial charge is 0.258 e. The molecule has 1 N–H and O–H groups in total. The zero-order chi connectivity index (χ0) is 23.6. The first-order chi connectivity index (χ1) is 16.0. The van der Waals surface area contributed by atoms with Crippen molar-refractivity contribution in [2.24, 2.45) is 5.92 Å². The summed E-state index contributed by atoms with van der Waals surface area (Å²) < 4.78 is 5.19. The minimum Gasteiger partial charge on any atom is -0.497 e. The molecular weight excluding hydrogens is 414 g/mol. The van der Waals surface area contributed by atoms with Crippen molar-refractivity contribution in [3.63, 3.8) is 0 Å². The number of piperidine rings is 1. The number of hydrogen-bond donors (Lipinski definition) is 1. The highest BCUT2D eigenvalue weighted by molar-refractivity contribution is 6.08. The Kier molecular flexibility index (Phi) is 9.31. The van der Waals surface area contributed by atoms with Gasteiger partial charge in [0.05, 0.1) is 7.11 Å². The van der Waals surface area contributed by atoms with Crippen LogP contribution in [0.5, 0.6) is 5.75 Å². The van der Waals surface area contributed by atoms with Crippen LogP contribution in [0, 0.1) is 5.92 Å². The van der Waals surface area contributed by atoms with Gasteiger partial charge in [-0.1, -0.05) is 32.0 Å². The maximum absolute atomic E-state index is 13.2. The number of carbonyl (C=O) groups excluding carboxylic acids is 2. The molecule has 1 aliphatic rings. The van der Waals surface area contributed by atoms with Crippen molar-refractivity contribution in [2.45, 2.75) is 45.6 Å². The SMILES string of the molecule is CCC(CC)N1CCC(CNC(=O)CN(C(=O)c2ccc(OC)cc2)c2ccccc2)CC1. The number of likely N-dealkylation sites (tertiary alicyclic amines) is 1. The number of hydrogen-bond acceptors (Lipinski definition) is 4. The van der Waals surface area contributed by atoms with Gasteiger partial charge in [0.15, 0.2) is 0 Å². The summed E-state index contributed by atoms with van der Waals surface area (Å²) in [6.07, 6.45) is 4.58. The maximum atomic E-state index is 13.2. The summed E-state index contributed by atoms with van der Waals surface area (Å²) in [6, 6.07) is 17.0. The predicted octanol–water partition coefficient (Wildman–Crippen LogP) is 4.36. The molecule has 0 atom stereocenters. The van der Waals surface area contributed by atoms with E-state index in [0.717, 1.165) is 25.9 Å². The number of amides is 2. The molecule has 1 heterocycles. The Morgan fingerprint density at radius 1 is 1.03 bits per heavy atom. The van der Waals surface area contributed by atoms with Gasteiger partial charge in [0, 0.05) is 23.8 Å². The fraction of sp³-hybridized carbons (Fsp3) is 0.481. The van der Waals surface area contributed by atoms with Crippen LogP contribution in [0.15, 0.2) is 54.6 Å². The molecule has 0 bridgehead atoms. The lowest BCUT2D eigenvalue weighted by Crippen LogP contribution is -2.45. The van der Waals surface area contributed by atoms with Crippen LogP contribution in [-0.4, -0.2) is 56.0 Å². The fourth-order valence-electron chi connectivity index (χ4n) is 4.56. The van der Waals surface area contributed by atoms with Gasteiger partial charge in [0.1, 0.15) is 12.3 Å². The van der Waals surface area contributed by atoms with Gasteiger partial charge in [-0.2, -0.15) is 0 Å². The lowest BCUT2D eigenvalue weighted by molar-refractivity contribution is -0.120. The summed E-state index contributed by atoms with van der Waals surface area (Å²) >= 11 is 0. The number of carbonyl (C=O) groups is 2. The molecule has 6 nitrogen and oxygen atoms in total. The molecule has 33 heavy (non-hydrogen) atoms. The molecule has 6 heteroatoms. The molecular formula is C27H37N3O3. The standard InChI is InChI=1S/C27H37N3O3/c1-4-23(5-2)29-17-15-21(16-18-29)19-28-26(31)20-30(24-9-7-6-8-10-24)27(32)22-11-13-25(33-3)14-12-22/h6-14,21,23H,4-5,15-20H2,1-3H3,(H,28,31). The van der Waals surface area contributed by atoms with Crippen molar-refractivity contribution in [1.29, 1.82) is 0 Å². The van der Waals surface area contributed by atoms with Crippen LogP contribution in [0.1, 0.15) is 49.9 Å². The Hall–Kier alpha value is -2.86. The molecule has 2 aromatic rings. The average Bonchev–Trinajstić information content (AvgIpc) is 2.87. The van der Waals surface area contributed by atoms with Crippen molar-refractivity contribution in [3.8, 4) is 5.75 Å². The minimum absolute atomic E-state index is 0.0124. The Bertz CT molecular complexity index is 873. The lowest BCUT2D eigenvalue weighted by atomic mass is 9.94. The second-order valence-corrected chi connectivity index (χ2v) is 8.71. The van der Waals surface area contributed by atoms with Crippen LogP contribution in [0.3, 0.4) is 0 Å². The highest BCUT2D eigenvalue weighted by atomic mass is 16.5. The molecule has 1 aliphatic heterocycles. The molecule has 0 aromatic heterocycles. The van der Waals surface area contributed by atoms with Crippen molar-refractivity contribution < 1.29 is 14.3 Å². The number of ether oxygens (including phenoxy) is 1. The predicted molar refractivity (Wildman–Crippen MR) is 133 cm³/mol. The Morgan fingerprint density at radius 2 is 1.67 bits per heavy atom. The van der Waals surface area contributed by atoms with E-state index in [4.69, 9.17) is 4.74 Å². The summed E-state index contributed by atoms with van der Waals surface area (Å²) in [5, 5.41) is 3.08. The molecule has 0 unspecified atom stereocenters. The zero-order valence-electron chi connectivity index (χ0n) is 20.1. The Labute approximate surface area is 197 Å². The normalized spacial score (nSPS) is 14.8. The van der Waals surface area contributed by atoms with E-state index in [0.29, 0.717) is 35.5 Å². The van der Waals surface area contributed by atoms with Crippen LogP contribution in [0.2, 0.25) is 0 Å². The second kappa shape index (κ2) is 12.4. The molecule has 2 aromatic carbocycles. The molecule has 0 spiro atoms. The average molecular weight is 452 g/mol. The van der Waals surface area contributed by atoms with Crippen molar-refractivity contribution in [1.82, 2.24) is 10.2 Å². The van der Waals surface area contributed by atoms with Crippen molar-refractivity contribution in [2.75, 3.05) is 38.2 Å².